The third-order valence-electron chi connectivity index (χ3n) is 5.46. The molecule has 0 aromatic carbocycles. The van der Waals surface area contributed by atoms with Crippen molar-refractivity contribution in [1.29, 1.82) is 0 Å². The third kappa shape index (κ3) is 2.94. The van der Waals surface area contributed by atoms with E-state index >= 15 is 0 Å². The summed E-state index contributed by atoms with van der Waals surface area (Å²) >= 11 is 0. The fourth-order valence-corrected chi connectivity index (χ4v) is 4.33. The van der Waals surface area contributed by atoms with Gasteiger partial charge in [-0.2, -0.15) is 5.10 Å². The highest BCUT2D eigenvalue weighted by Gasteiger charge is 2.43. The van der Waals surface area contributed by atoms with Gasteiger partial charge in [0.1, 0.15) is 0 Å². The number of piperidine rings is 1. The van der Waals surface area contributed by atoms with Crippen LogP contribution in [0.15, 0.2) is 12.3 Å². The second-order valence-corrected chi connectivity index (χ2v) is 7.04. The van der Waals surface area contributed by atoms with Gasteiger partial charge < -0.3 is 9.47 Å². The second-order valence-electron chi connectivity index (χ2n) is 7.04. The molecule has 2 unspecified atom stereocenters. The van der Waals surface area contributed by atoms with Crippen LogP contribution in [0.2, 0.25) is 0 Å². The van der Waals surface area contributed by atoms with Crippen LogP contribution in [0.25, 0.3) is 0 Å². The molecule has 2 saturated heterocycles. The monoisotopic (exact) mass is 305 g/mol. The first-order valence-corrected chi connectivity index (χ1v) is 8.90. The lowest BCUT2D eigenvalue weighted by Crippen LogP contribution is -2.41. The summed E-state index contributed by atoms with van der Waals surface area (Å²) in [6, 6.07) is 2.57. The molecule has 1 aromatic heterocycles. The summed E-state index contributed by atoms with van der Waals surface area (Å²) in [4.78, 5) is 2.56. The van der Waals surface area contributed by atoms with E-state index in [0.717, 1.165) is 32.5 Å². The number of ether oxygens (including phenoxy) is 2. The number of aromatic nitrogens is 2. The van der Waals surface area contributed by atoms with Gasteiger partial charge in [0, 0.05) is 25.6 Å². The van der Waals surface area contributed by atoms with Gasteiger partial charge in [-0.3, -0.25) is 10.00 Å². The molecule has 3 aliphatic rings. The summed E-state index contributed by atoms with van der Waals surface area (Å²) in [6.07, 6.45) is 11.8. The van der Waals surface area contributed by atoms with Crippen LogP contribution in [0.1, 0.15) is 63.1 Å². The number of aromatic amines is 1. The number of nitrogens with zero attached hydrogens (tertiary/aromatic N) is 2. The number of H-pyrrole nitrogens is 1. The number of nitrogens with one attached hydrogen (secondary N) is 1. The quantitative estimate of drug-likeness (QED) is 0.932. The van der Waals surface area contributed by atoms with Crippen LogP contribution in [-0.4, -0.2) is 46.7 Å². The summed E-state index contributed by atoms with van der Waals surface area (Å²) in [7, 11) is 0. The Labute approximate surface area is 132 Å². The maximum atomic E-state index is 6.37. The summed E-state index contributed by atoms with van der Waals surface area (Å²) < 4.78 is 12.5. The Morgan fingerprint density at radius 3 is 2.95 bits per heavy atom. The van der Waals surface area contributed by atoms with Gasteiger partial charge >= 0.3 is 0 Å². The fraction of sp³-hybridized carbons (Fsp3) is 0.824. The van der Waals surface area contributed by atoms with Gasteiger partial charge in [-0.1, -0.05) is 12.8 Å². The van der Waals surface area contributed by atoms with Crippen LogP contribution < -0.4 is 0 Å². The maximum Gasteiger partial charge on any atom is 0.168 e. The molecule has 122 valence electrons. The molecule has 5 heteroatoms. The largest absolute Gasteiger partial charge is 0.347 e. The van der Waals surface area contributed by atoms with Crippen molar-refractivity contribution in [3.05, 3.63) is 18.0 Å². The van der Waals surface area contributed by atoms with E-state index in [1.54, 1.807) is 0 Å². The Balaban J connectivity index is 1.39. The number of hydrogen-bond donors (Lipinski definition) is 1. The second kappa shape index (κ2) is 6.30. The predicted octanol–water partition coefficient (Wildman–Crippen LogP) is 3.01. The van der Waals surface area contributed by atoms with Gasteiger partial charge in [-0.05, 0) is 38.3 Å². The standard InChI is InChI=1S/C17H27N3O2/c1-3-8-17(9-4-1)21-13-14(22-17)12-20-11-5-2-6-16(20)15-7-10-18-19-15/h7,10,14,16H,1-6,8-9,11-13H2,(H,18,19). The van der Waals surface area contributed by atoms with Crippen molar-refractivity contribution in [2.75, 3.05) is 19.7 Å². The fourth-order valence-electron chi connectivity index (χ4n) is 4.33. The van der Waals surface area contributed by atoms with E-state index in [0.29, 0.717) is 6.04 Å². The number of rotatable bonds is 3. The summed E-state index contributed by atoms with van der Waals surface area (Å²) in [5.41, 5.74) is 1.24. The summed E-state index contributed by atoms with van der Waals surface area (Å²) in [5.74, 6) is -0.248. The van der Waals surface area contributed by atoms with Crippen molar-refractivity contribution >= 4 is 0 Å². The molecule has 0 bridgehead atoms. The van der Waals surface area contributed by atoms with Crippen molar-refractivity contribution in [2.24, 2.45) is 0 Å². The minimum Gasteiger partial charge on any atom is -0.347 e. The molecule has 2 atom stereocenters. The van der Waals surface area contributed by atoms with Crippen LogP contribution >= 0.6 is 0 Å². The highest BCUT2D eigenvalue weighted by molar-refractivity contribution is 5.06. The van der Waals surface area contributed by atoms with E-state index in [-0.39, 0.29) is 11.9 Å². The van der Waals surface area contributed by atoms with E-state index in [4.69, 9.17) is 9.47 Å². The predicted molar refractivity (Wildman–Crippen MR) is 83.4 cm³/mol. The van der Waals surface area contributed by atoms with Crippen LogP contribution in [0, 0.1) is 0 Å². The van der Waals surface area contributed by atoms with Crippen LogP contribution in [-0.2, 0) is 9.47 Å². The molecule has 2 aliphatic heterocycles. The van der Waals surface area contributed by atoms with Gasteiger partial charge in [0.05, 0.1) is 24.4 Å². The topological polar surface area (TPSA) is 50.4 Å². The average Bonchev–Trinajstić information content (AvgIpc) is 3.20. The van der Waals surface area contributed by atoms with Crippen molar-refractivity contribution in [3.63, 3.8) is 0 Å². The molecular weight excluding hydrogens is 278 g/mol. The molecule has 1 aromatic rings. The molecule has 0 radical (unpaired) electrons. The van der Waals surface area contributed by atoms with Crippen molar-refractivity contribution < 1.29 is 9.47 Å². The van der Waals surface area contributed by atoms with Crippen molar-refractivity contribution in [1.82, 2.24) is 15.1 Å². The Morgan fingerprint density at radius 1 is 1.23 bits per heavy atom. The van der Waals surface area contributed by atoms with E-state index in [2.05, 4.69) is 21.2 Å². The first kappa shape index (κ1) is 14.7. The normalized spacial score (nSPS) is 32.5. The van der Waals surface area contributed by atoms with Gasteiger partial charge in [0.2, 0.25) is 0 Å². The van der Waals surface area contributed by atoms with Crippen LogP contribution in [0.4, 0.5) is 0 Å². The molecule has 4 rings (SSSR count). The van der Waals surface area contributed by atoms with E-state index < -0.39 is 0 Å². The highest BCUT2D eigenvalue weighted by Crippen LogP contribution is 2.39. The van der Waals surface area contributed by atoms with Gasteiger partial charge in [-0.25, -0.2) is 0 Å². The number of hydrogen-bond acceptors (Lipinski definition) is 4. The van der Waals surface area contributed by atoms with E-state index in [9.17, 15) is 0 Å². The lowest BCUT2D eigenvalue weighted by atomic mass is 9.94. The number of likely N-dealkylation sites (tertiary alicyclic amines) is 1. The molecule has 1 saturated carbocycles. The zero-order chi connectivity index (χ0) is 14.8. The van der Waals surface area contributed by atoms with Crippen LogP contribution in [0.5, 0.6) is 0 Å². The molecule has 1 N–H and O–H groups in total. The Kier molecular flexibility index (Phi) is 4.20. The summed E-state index contributed by atoms with van der Waals surface area (Å²) in [5, 5.41) is 7.28. The molecule has 3 fully saturated rings. The lowest BCUT2D eigenvalue weighted by Gasteiger charge is -2.37. The minimum absolute atomic E-state index is 0.224. The van der Waals surface area contributed by atoms with Crippen molar-refractivity contribution in [2.45, 2.75) is 69.3 Å². The summed E-state index contributed by atoms with van der Waals surface area (Å²) in [6.45, 7) is 2.88. The zero-order valence-electron chi connectivity index (χ0n) is 13.3. The first-order chi connectivity index (χ1) is 10.8. The lowest BCUT2D eigenvalue weighted by molar-refractivity contribution is -0.189. The van der Waals surface area contributed by atoms with E-state index in [1.807, 2.05) is 6.20 Å². The Morgan fingerprint density at radius 2 is 2.14 bits per heavy atom. The molecule has 22 heavy (non-hydrogen) atoms. The third-order valence-corrected chi connectivity index (χ3v) is 5.46. The molecule has 1 spiro atoms. The van der Waals surface area contributed by atoms with Gasteiger partial charge in [0.25, 0.3) is 0 Å². The highest BCUT2D eigenvalue weighted by atomic mass is 16.7. The SMILES string of the molecule is c1cc(C2CCCCN2CC2COC3(CCCCC3)O2)[nH]n1. The smallest absolute Gasteiger partial charge is 0.168 e. The average molecular weight is 305 g/mol. The van der Waals surface area contributed by atoms with Gasteiger partial charge in [0.15, 0.2) is 5.79 Å². The Hall–Kier alpha value is -0.910. The zero-order valence-corrected chi connectivity index (χ0v) is 13.3. The molecule has 1 aliphatic carbocycles. The Bertz CT molecular complexity index is 470. The molecule has 0 amide bonds. The maximum absolute atomic E-state index is 6.37. The van der Waals surface area contributed by atoms with Gasteiger partial charge in [-0.15, -0.1) is 0 Å². The molecular formula is C17H27N3O2. The van der Waals surface area contributed by atoms with Crippen molar-refractivity contribution in [3.8, 4) is 0 Å². The van der Waals surface area contributed by atoms with Crippen LogP contribution in [0.3, 0.4) is 0 Å². The molecule has 5 nitrogen and oxygen atoms in total. The molecule has 3 heterocycles. The first-order valence-electron chi connectivity index (χ1n) is 8.90. The van der Waals surface area contributed by atoms with E-state index in [1.165, 1.54) is 44.2 Å². The minimum atomic E-state index is -0.248.